The van der Waals surface area contributed by atoms with Crippen LogP contribution in [0.3, 0.4) is 0 Å². The molecule has 0 bridgehead atoms. The van der Waals surface area contributed by atoms with Crippen molar-refractivity contribution in [2.45, 2.75) is 17.9 Å². The van der Waals surface area contributed by atoms with Gasteiger partial charge in [-0.1, -0.05) is 6.07 Å². The van der Waals surface area contributed by atoms with Gasteiger partial charge in [-0.3, -0.25) is 4.68 Å². The number of benzene rings is 1. The van der Waals surface area contributed by atoms with Gasteiger partial charge in [0.25, 0.3) is 0 Å². The Morgan fingerprint density at radius 1 is 1.27 bits per heavy atom. The predicted molar refractivity (Wildman–Crippen MR) is 79.4 cm³/mol. The highest BCUT2D eigenvalue weighted by molar-refractivity contribution is 7.89. The molecule has 1 aromatic carbocycles. The van der Waals surface area contributed by atoms with E-state index < -0.39 is 16.1 Å². The van der Waals surface area contributed by atoms with Crippen LogP contribution in [0.2, 0.25) is 0 Å². The van der Waals surface area contributed by atoms with Crippen LogP contribution in [0.4, 0.5) is 0 Å². The quantitative estimate of drug-likeness (QED) is 0.915. The Hall–Kier alpha value is -2.06. The van der Waals surface area contributed by atoms with Crippen LogP contribution in [0.15, 0.2) is 35.5 Å². The average molecular weight is 323 g/mol. The number of aryl methyl sites for hydroxylation is 1. The van der Waals surface area contributed by atoms with Gasteiger partial charge in [0, 0.05) is 19.3 Å². The first-order valence-corrected chi connectivity index (χ1v) is 8.34. The largest absolute Gasteiger partial charge is 0.486 e. The molecule has 1 atom stereocenters. The van der Waals surface area contributed by atoms with E-state index in [4.69, 9.17) is 9.47 Å². The molecule has 0 spiro atoms. The molecule has 3 rings (SSSR count). The summed E-state index contributed by atoms with van der Waals surface area (Å²) in [5, 5.41) is 3.88. The zero-order valence-corrected chi connectivity index (χ0v) is 13.1. The predicted octanol–water partition coefficient (Wildman–Crippen LogP) is 1.23. The maximum Gasteiger partial charge on any atom is 0.244 e. The SMILES string of the molecule is C[C@@H](NS(=O)(=O)c1cnn(C)c1)c1ccc2c(c1)OCCO2. The summed E-state index contributed by atoms with van der Waals surface area (Å²) in [7, 11) is -1.94. The number of aromatic nitrogens is 2. The molecule has 1 aliphatic rings. The maximum atomic E-state index is 12.3. The Kier molecular flexibility index (Phi) is 3.79. The van der Waals surface area contributed by atoms with Crippen molar-refractivity contribution in [3.05, 3.63) is 36.2 Å². The second-order valence-corrected chi connectivity index (χ2v) is 6.81. The van der Waals surface area contributed by atoms with Crippen molar-refractivity contribution in [1.82, 2.24) is 14.5 Å². The molecule has 0 fully saturated rings. The molecule has 0 radical (unpaired) electrons. The molecule has 1 aromatic heterocycles. The molecule has 2 aromatic rings. The fraction of sp³-hybridized carbons (Fsp3) is 0.357. The average Bonchev–Trinajstić information content (AvgIpc) is 2.94. The van der Waals surface area contributed by atoms with E-state index in [1.807, 2.05) is 6.07 Å². The molecule has 118 valence electrons. The van der Waals surface area contributed by atoms with Crippen molar-refractivity contribution >= 4 is 10.0 Å². The summed E-state index contributed by atoms with van der Waals surface area (Å²) in [5.41, 5.74) is 0.803. The van der Waals surface area contributed by atoms with Crippen molar-refractivity contribution in [3.63, 3.8) is 0 Å². The van der Waals surface area contributed by atoms with E-state index in [9.17, 15) is 8.42 Å². The summed E-state index contributed by atoms with van der Waals surface area (Å²) in [4.78, 5) is 0.138. The van der Waals surface area contributed by atoms with Crippen molar-refractivity contribution in [2.24, 2.45) is 7.05 Å². The zero-order chi connectivity index (χ0) is 15.7. The summed E-state index contributed by atoms with van der Waals surface area (Å²) in [6.45, 7) is 2.79. The number of nitrogens with zero attached hydrogens (tertiary/aromatic N) is 2. The molecular weight excluding hydrogens is 306 g/mol. The molecule has 2 heterocycles. The number of hydrogen-bond donors (Lipinski definition) is 1. The molecule has 8 heteroatoms. The van der Waals surface area contributed by atoms with Gasteiger partial charge in [-0.05, 0) is 24.6 Å². The first kappa shape index (κ1) is 14.9. The van der Waals surface area contributed by atoms with E-state index in [-0.39, 0.29) is 4.90 Å². The standard InChI is InChI=1S/C14H17N3O4S/c1-10(16-22(18,19)12-8-15-17(2)9-12)11-3-4-13-14(7-11)21-6-5-20-13/h3-4,7-10,16H,5-6H2,1-2H3/t10-/m1/s1. The van der Waals surface area contributed by atoms with Gasteiger partial charge in [0.1, 0.15) is 18.1 Å². The molecule has 0 aliphatic carbocycles. The van der Waals surface area contributed by atoms with Crippen LogP contribution in [0.5, 0.6) is 11.5 Å². The molecule has 0 unspecified atom stereocenters. The Bertz CT molecular complexity index is 785. The monoisotopic (exact) mass is 323 g/mol. The lowest BCUT2D eigenvalue weighted by molar-refractivity contribution is 0.171. The van der Waals surface area contributed by atoms with Gasteiger partial charge in [0.05, 0.1) is 6.20 Å². The van der Waals surface area contributed by atoms with E-state index >= 15 is 0 Å². The number of nitrogens with one attached hydrogen (secondary N) is 1. The van der Waals surface area contributed by atoms with Gasteiger partial charge in [-0.15, -0.1) is 0 Å². The topological polar surface area (TPSA) is 82.5 Å². The fourth-order valence-corrected chi connectivity index (χ4v) is 3.45. The summed E-state index contributed by atoms with van der Waals surface area (Å²) >= 11 is 0. The molecule has 1 N–H and O–H groups in total. The maximum absolute atomic E-state index is 12.3. The third-order valence-corrected chi connectivity index (χ3v) is 4.88. The van der Waals surface area contributed by atoms with Crippen LogP contribution in [-0.4, -0.2) is 31.4 Å². The highest BCUT2D eigenvalue weighted by atomic mass is 32.2. The van der Waals surface area contributed by atoms with Crippen molar-refractivity contribution in [2.75, 3.05) is 13.2 Å². The first-order valence-electron chi connectivity index (χ1n) is 6.86. The van der Waals surface area contributed by atoms with Gasteiger partial charge in [-0.2, -0.15) is 5.10 Å². The van der Waals surface area contributed by atoms with Crippen molar-refractivity contribution in [3.8, 4) is 11.5 Å². The Balaban J connectivity index is 1.81. The minimum absolute atomic E-state index is 0.138. The van der Waals surface area contributed by atoms with E-state index in [2.05, 4.69) is 9.82 Å². The van der Waals surface area contributed by atoms with Gasteiger partial charge in [0.15, 0.2) is 11.5 Å². The second kappa shape index (κ2) is 5.62. The van der Waals surface area contributed by atoms with Crippen LogP contribution < -0.4 is 14.2 Å². The Morgan fingerprint density at radius 2 is 2.00 bits per heavy atom. The molecule has 22 heavy (non-hydrogen) atoms. The van der Waals surface area contributed by atoms with E-state index in [0.29, 0.717) is 24.7 Å². The molecular formula is C14H17N3O4S. The smallest absolute Gasteiger partial charge is 0.244 e. The third-order valence-electron chi connectivity index (χ3n) is 3.39. The highest BCUT2D eigenvalue weighted by Gasteiger charge is 2.21. The van der Waals surface area contributed by atoms with Gasteiger partial charge in [0.2, 0.25) is 10.0 Å². The fourth-order valence-electron chi connectivity index (χ4n) is 2.24. The molecule has 0 saturated heterocycles. The number of sulfonamides is 1. The minimum Gasteiger partial charge on any atom is -0.486 e. The third kappa shape index (κ3) is 2.93. The first-order chi connectivity index (χ1) is 10.5. The van der Waals surface area contributed by atoms with Crippen LogP contribution >= 0.6 is 0 Å². The molecule has 7 nitrogen and oxygen atoms in total. The van der Waals surface area contributed by atoms with Gasteiger partial charge >= 0.3 is 0 Å². The zero-order valence-electron chi connectivity index (χ0n) is 12.3. The molecule has 1 aliphatic heterocycles. The Morgan fingerprint density at radius 3 is 2.68 bits per heavy atom. The van der Waals surface area contributed by atoms with Crippen LogP contribution in [0.1, 0.15) is 18.5 Å². The lowest BCUT2D eigenvalue weighted by Crippen LogP contribution is -2.27. The molecule has 0 amide bonds. The number of fused-ring (bicyclic) bond motifs is 1. The number of hydrogen-bond acceptors (Lipinski definition) is 5. The summed E-state index contributed by atoms with van der Waals surface area (Å²) in [5.74, 6) is 1.31. The number of rotatable bonds is 4. The van der Waals surface area contributed by atoms with Gasteiger partial charge < -0.3 is 9.47 Å². The van der Waals surface area contributed by atoms with E-state index in [0.717, 1.165) is 5.56 Å². The number of ether oxygens (including phenoxy) is 2. The summed E-state index contributed by atoms with van der Waals surface area (Å²) in [6.07, 6.45) is 2.78. The minimum atomic E-state index is -3.61. The van der Waals surface area contributed by atoms with Crippen molar-refractivity contribution < 1.29 is 17.9 Å². The lowest BCUT2D eigenvalue weighted by Gasteiger charge is -2.21. The highest BCUT2D eigenvalue weighted by Crippen LogP contribution is 2.32. The molecule has 0 saturated carbocycles. The van der Waals surface area contributed by atoms with Crippen LogP contribution in [0, 0.1) is 0 Å². The lowest BCUT2D eigenvalue weighted by atomic mass is 10.1. The van der Waals surface area contributed by atoms with Crippen LogP contribution in [-0.2, 0) is 17.1 Å². The Labute approximate surface area is 128 Å². The normalized spacial score (nSPS) is 15.5. The second-order valence-electron chi connectivity index (χ2n) is 5.10. The van der Waals surface area contributed by atoms with Crippen LogP contribution in [0.25, 0.3) is 0 Å². The summed E-state index contributed by atoms with van der Waals surface area (Å²) < 4.78 is 39.6. The van der Waals surface area contributed by atoms with E-state index in [1.165, 1.54) is 17.1 Å². The van der Waals surface area contributed by atoms with Crippen molar-refractivity contribution in [1.29, 1.82) is 0 Å². The van der Waals surface area contributed by atoms with E-state index in [1.54, 1.807) is 26.1 Å². The summed E-state index contributed by atoms with van der Waals surface area (Å²) in [6, 6.07) is 5.01. The van der Waals surface area contributed by atoms with Gasteiger partial charge in [-0.25, -0.2) is 13.1 Å².